The van der Waals surface area contributed by atoms with Crippen LogP contribution in [0.25, 0.3) is 0 Å². The number of nitrogens with one attached hydrogen (secondary N) is 2. The molecule has 1 unspecified atom stereocenters. The monoisotopic (exact) mass is 408 g/mol. The van der Waals surface area contributed by atoms with Gasteiger partial charge < -0.3 is 15.1 Å². The van der Waals surface area contributed by atoms with Crippen molar-refractivity contribution in [2.24, 2.45) is 0 Å². The summed E-state index contributed by atoms with van der Waals surface area (Å²) in [7, 11) is 3.57. The summed E-state index contributed by atoms with van der Waals surface area (Å²) in [6.45, 7) is 3.03. The van der Waals surface area contributed by atoms with Crippen molar-refractivity contribution in [1.82, 2.24) is 4.90 Å². The summed E-state index contributed by atoms with van der Waals surface area (Å²) in [6.07, 6.45) is 0. The molecule has 2 aromatic carbocycles. The van der Waals surface area contributed by atoms with Crippen molar-refractivity contribution < 1.29 is 14.5 Å². The van der Waals surface area contributed by atoms with E-state index in [0.717, 1.165) is 11.4 Å². The van der Waals surface area contributed by atoms with Gasteiger partial charge in [0.1, 0.15) is 6.54 Å². The molecule has 2 amide bonds. The van der Waals surface area contributed by atoms with Crippen LogP contribution in [-0.2, 0) is 16.1 Å². The maximum absolute atomic E-state index is 12.4. The Morgan fingerprint density at radius 1 is 1.07 bits per heavy atom. The summed E-state index contributed by atoms with van der Waals surface area (Å²) < 4.78 is 0. The lowest BCUT2D eigenvalue weighted by molar-refractivity contribution is -0.885. The molecule has 2 N–H and O–H groups in total. The zero-order valence-corrected chi connectivity index (χ0v) is 17.2. The van der Waals surface area contributed by atoms with E-state index in [1.165, 1.54) is 16.0 Å². The van der Waals surface area contributed by atoms with Gasteiger partial charge in [-0.05, 0) is 24.6 Å². The Morgan fingerprint density at radius 2 is 1.70 bits per heavy atom. The van der Waals surface area contributed by atoms with E-state index >= 15 is 0 Å². The number of para-hydroxylation sites is 1. The average molecular weight is 409 g/mol. The quantitative estimate of drug-likeness (QED) is 0.738. The van der Waals surface area contributed by atoms with E-state index in [9.17, 15) is 9.59 Å². The topological polar surface area (TPSA) is 53.9 Å². The molecule has 1 atom stereocenters. The largest absolute Gasteiger partial charge is 0.332 e. The predicted octanol–water partition coefficient (Wildman–Crippen LogP) is 2.41. The molecule has 7 heteroatoms. The van der Waals surface area contributed by atoms with Gasteiger partial charge >= 0.3 is 0 Å². The normalized spacial score (nSPS) is 11.7. The molecule has 0 heterocycles. The van der Waals surface area contributed by atoms with Crippen molar-refractivity contribution >= 4 is 40.7 Å². The summed E-state index contributed by atoms with van der Waals surface area (Å²) >= 11 is 12.1. The van der Waals surface area contributed by atoms with Gasteiger partial charge in [0.05, 0.1) is 29.3 Å². The van der Waals surface area contributed by atoms with Crippen LogP contribution in [0.3, 0.4) is 0 Å². The van der Waals surface area contributed by atoms with E-state index in [2.05, 4.69) is 24.4 Å². The maximum atomic E-state index is 12.4. The summed E-state index contributed by atoms with van der Waals surface area (Å²) in [5, 5.41) is 3.37. The summed E-state index contributed by atoms with van der Waals surface area (Å²) in [5.74, 6) is -0.459. The first-order chi connectivity index (χ1) is 12.8. The van der Waals surface area contributed by atoms with Gasteiger partial charge in [0.25, 0.3) is 5.91 Å². The van der Waals surface area contributed by atoms with Crippen molar-refractivity contribution in [2.75, 3.05) is 32.5 Å². The Morgan fingerprint density at radius 3 is 2.33 bits per heavy atom. The number of amides is 2. The first kappa shape index (κ1) is 21.2. The highest BCUT2D eigenvalue weighted by Crippen LogP contribution is 2.29. The fourth-order valence-electron chi connectivity index (χ4n) is 2.69. The molecular weight excluding hydrogens is 385 g/mol. The molecule has 0 saturated heterocycles. The van der Waals surface area contributed by atoms with Gasteiger partial charge in [0, 0.05) is 12.6 Å². The van der Waals surface area contributed by atoms with Crippen LogP contribution in [-0.4, -0.2) is 43.9 Å². The van der Waals surface area contributed by atoms with Crippen molar-refractivity contribution in [3.05, 3.63) is 63.6 Å². The first-order valence-electron chi connectivity index (χ1n) is 8.61. The van der Waals surface area contributed by atoms with Crippen molar-refractivity contribution in [3.8, 4) is 0 Å². The second-order valence-corrected chi connectivity index (χ2v) is 7.45. The number of anilines is 1. The van der Waals surface area contributed by atoms with E-state index in [1.807, 2.05) is 19.2 Å². The van der Waals surface area contributed by atoms with Crippen molar-refractivity contribution in [2.45, 2.75) is 13.5 Å². The lowest BCUT2D eigenvalue weighted by Crippen LogP contribution is -3.08. The minimum Gasteiger partial charge on any atom is -0.332 e. The first-order valence-corrected chi connectivity index (χ1v) is 9.37. The number of halogens is 2. The van der Waals surface area contributed by atoms with Crippen LogP contribution in [0.4, 0.5) is 5.69 Å². The number of benzene rings is 2. The van der Waals surface area contributed by atoms with Gasteiger partial charge in [0.2, 0.25) is 5.91 Å². The third-order valence-corrected chi connectivity index (χ3v) is 4.87. The van der Waals surface area contributed by atoms with Crippen LogP contribution in [0.1, 0.15) is 11.1 Å². The number of rotatable bonds is 7. The van der Waals surface area contributed by atoms with E-state index < -0.39 is 0 Å². The van der Waals surface area contributed by atoms with Gasteiger partial charge in [-0.1, -0.05) is 53.5 Å². The van der Waals surface area contributed by atoms with Crippen LogP contribution in [0.5, 0.6) is 0 Å². The number of quaternary nitrogens is 1. The fraction of sp³-hybridized carbons (Fsp3) is 0.300. The van der Waals surface area contributed by atoms with Gasteiger partial charge in [-0.25, -0.2) is 0 Å². The number of hydrogen-bond acceptors (Lipinski definition) is 2. The van der Waals surface area contributed by atoms with E-state index in [-0.39, 0.29) is 18.4 Å². The van der Waals surface area contributed by atoms with Gasteiger partial charge in [-0.2, -0.15) is 0 Å². The Kier molecular flexibility index (Phi) is 7.66. The highest BCUT2D eigenvalue weighted by Gasteiger charge is 2.19. The zero-order valence-electron chi connectivity index (χ0n) is 15.7. The lowest BCUT2D eigenvalue weighted by atomic mass is 10.1. The third-order valence-electron chi connectivity index (χ3n) is 4.24. The molecule has 27 heavy (non-hydrogen) atoms. The van der Waals surface area contributed by atoms with Crippen LogP contribution in [0.2, 0.25) is 10.0 Å². The molecular formula is C20H24Cl2N3O2+. The van der Waals surface area contributed by atoms with Gasteiger partial charge in [-0.3, -0.25) is 9.59 Å². The minimum atomic E-state index is -0.350. The smallest absolute Gasteiger partial charge is 0.277 e. The SMILES string of the molecule is Cc1ccccc1C[NH+](C)CC(=O)N(C)CC(=O)Nc1c(Cl)cccc1Cl. The molecule has 0 spiro atoms. The van der Waals surface area contributed by atoms with Gasteiger partial charge in [-0.15, -0.1) is 0 Å². The third kappa shape index (κ3) is 6.24. The molecule has 144 valence electrons. The van der Waals surface area contributed by atoms with E-state index in [4.69, 9.17) is 23.2 Å². The van der Waals surface area contributed by atoms with Crippen LogP contribution >= 0.6 is 23.2 Å². The Balaban J connectivity index is 1.87. The molecule has 0 aliphatic heterocycles. The molecule has 0 aliphatic carbocycles. The number of hydrogen-bond donors (Lipinski definition) is 2. The predicted molar refractivity (Wildman–Crippen MR) is 109 cm³/mol. The number of nitrogens with zero attached hydrogens (tertiary/aromatic N) is 1. The zero-order chi connectivity index (χ0) is 20.0. The number of carbonyl (C=O) groups excluding carboxylic acids is 2. The molecule has 2 aromatic rings. The lowest BCUT2D eigenvalue weighted by Gasteiger charge is -2.20. The highest BCUT2D eigenvalue weighted by atomic mass is 35.5. The van der Waals surface area contributed by atoms with Crippen LogP contribution < -0.4 is 10.2 Å². The average Bonchev–Trinajstić information content (AvgIpc) is 2.60. The Bertz CT molecular complexity index is 806. The van der Waals surface area contributed by atoms with Crippen molar-refractivity contribution in [3.63, 3.8) is 0 Å². The number of aryl methyl sites for hydroxylation is 1. The molecule has 0 aromatic heterocycles. The minimum absolute atomic E-state index is 0.0714. The van der Waals surface area contributed by atoms with Gasteiger partial charge in [0.15, 0.2) is 6.54 Å². The maximum Gasteiger partial charge on any atom is 0.277 e. The van der Waals surface area contributed by atoms with Crippen LogP contribution in [0, 0.1) is 6.92 Å². The molecule has 0 radical (unpaired) electrons. The molecule has 2 rings (SSSR count). The number of carbonyl (C=O) groups is 2. The second kappa shape index (κ2) is 9.74. The second-order valence-electron chi connectivity index (χ2n) is 6.63. The molecule has 0 fully saturated rings. The summed E-state index contributed by atoms with van der Waals surface area (Å²) in [4.78, 5) is 27.1. The fourth-order valence-corrected chi connectivity index (χ4v) is 3.18. The van der Waals surface area contributed by atoms with E-state index in [1.54, 1.807) is 25.2 Å². The number of likely N-dealkylation sites (N-methyl/N-ethyl adjacent to an activating group) is 2. The molecule has 0 saturated carbocycles. The Hall–Kier alpha value is -2.08. The highest BCUT2D eigenvalue weighted by molar-refractivity contribution is 6.39. The Labute approximate surface area is 169 Å². The molecule has 0 bridgehead atoms. The standard InChI is InChI=1S/C20H23Cl2N3O2/c1-14-7-4-5-8-15(14)11-24(2)13-19(27)25(3)12-18(26)23-20-16(21)9-6-10-17(20)22/h4-10H,11-13H2,1-3H3,(H,23,26)/p+1. The molecule has 5 nitrogen and oxygen atoms in total. The molecule has 0 aliphatic rings. The summed E-state index contributed by atoms with van der Waals surface area (Å²) in [5.41, 5.74) is 2.76. The van der Waals surface area contributed by atoms with Crippen molar-refractivity contribution in [1.29, 1.82) is 0 Å². The van der Waals surface area contributed by atoms with Crippen LogP contribution in [0.15, 0.2) is 42.5 Å². The van der Waals surface area contributed by atoms with E-state index in [0.29, 0.717) is 22.3 Å². The summed E-state index contributed by atoms with van der Waals surface area (Å²) in [6, 6.07) is 13.1.